The van der Waals surface area contributed by atoms with Gasteiger partial charge in [0, 0.05) is 21.9 Å². The van der Waals surface area contributed by atoms with E-state index in [4.69, 9.17) is 15.2 Å². The maximum atomic E-state index is 12.0. The molecular weight excluding hydrogens is 543 g/mol. The molecule has 0 unspecified atom stereocenters. The van der Waals surface area contributed by atoms with Gasteiger partial charge >= 0.3 is 29.6 Å². The van der Waals surface area contributed by atoms with Crippen LogP contribution in [0.25, 0.3) is 22.0 Å². The molecule has 1 aromatic heterocycles. The van der Waals surface area contributed by atoms with Gasteiger partial charge in [0.05, 0.1) is 30.8 Å². The molecule has 4 aromatic rings. The number of fused-ring (bicyclic) bond motifs is 1. The summed E-state index contributed by atoms with van der Waals surface area (Å²) < 4.78 is 45.4. The van der Waals surface area contributed by atoms with E-state index >= 15 is 0 Å². The predicted molar refractivity (Wildman–Crippen MR) is 156 cm³/mol. The number of nitrogen functional groups attached to an aromatic ring is 1. The zero-order valence-electron chi connectivity index (χ0n) is 21.5. The SMILES string of the molecule is CCCCOc1c(OCC)cc(C=O)cc1-c1ccc(/N=N/c2cc(S(=O)(=O)O)c3ccccc3c2N)cn1.[NaH]. The zero-order valence-corrected chi connectivity index (χ0v) is 22.3. The van der Waals surface area contributed by atoms with Crippen LogP contribution in [0.15, 0.2) is 75.9 Å². The number of nitrogens with zero attached hydrogens (tertiary/aromatic N) is 3. The van der Waals surface area contributed by atoms with Gasteiger partial charge in [-0.05, 0) is 43.7 Å². The van der Waals surface area contributed by atoms with E-state index in [1.165, 1.54) is 12.3 Å². The normalized spacial score (nSPS) is 11.4. The van der Waals surface area contributed by atoms with E-state index in [9.17, 15) is 17.8 Å². The van der Waals surface area contributed by atoms with Gasteiger partial charge in [0.15, 0.2) is 11.5 Å². The molecular formula is C28H29N4NaO6S. The third kappa shape index (κ3) is 7.04. The van der Waals surface area contributed by atoms with Gasteiger partial charge < -0.3 is 15.2 Å². The molecule has 3 N–H and O–H groups in total. The van der Waals surface area contributed by atoms with Gasteiger partial charge in [-0.1, -0.05) is 37.6 Å². The minimum atomic E-state index is -4.53. The summed E-state index contributed by atoms with van der Waals surface area (Å²) in [6.07, 6.45) is 4.02. The van der Waals surface area contributed by atoms with Crippen molar-refractivity contribution in [1.29, 1.82) is 0 Å². The van der Waals surface area contributed by atoms with E-state index in [0.717, 1.165) is 19.1 Å². The van der Waals surface area contributed by atoms with Crippen LogP contribution in [0.4, 0.5) is 17.1 Å². The second-order valence-corrected chi connectivity index (χ2v) is 9.97. The Morgan fingerprint density at radius 1 is 1.02 bits per heavy atom. The van der Waals surface area contributed by atoms with Crippen molar-refractivity contribution >= 4 is 73.8 Å². The van der Waals surface area contributed by atoms with E-state index in [0.29, 0.717) is 52.6 Å². The maximum absolute atomic E-state index is 12.0. The summed E-state index contributed by atoms with van der Waals surface area (Å²) in [6, 6.07) is 14.4. The quantitative estimate of drug-likeness (QED) is 0.0563. The fourth-order valence-electron chi connectivity index (χ4n) is 3.97. The molecule has 204 valence electrons. The second kappa shape index (κ2) is 13.8. The van der Waals surface area contributed by atoms with Crippen molar-refractivity contribution in [1.82, 2.24) is 4.98 Å². The molecule has 0 aliphatic rings. The molecule has 0 aliphatic heterocycles. The van der Waals surface area contributed by atoms with Crippen LogP contribution in [0.3, 0.4) is 0 Å². The molecule has 0 radical (unpaired) electrons. The number of carbonyl (C=O) groups excluding carboxylic acids is 1. The van der Waals surface area contributed by atoms with Crippen molar-refractivity contribution < 1.29 is 27.2 Å². The summed E-state index contributed by atoms with van der Waals surface area (Å²) in [5.74, 6) is 0.958. The van der Waals surface area contributed by atoms with Crippen LogP contribution < -0.4 is 15.2 Å². The molecule has 40 heavy (non-hydrogen) atoms. The van der Waals surface area contributed by atoms with Crippen LogP contribution in [0.2, 0.25) is 0 Å². The van der Waals surface area contributed by atoms with E-state index in [1.54, 1.807) is 48.5 Å². The van der Waals surface area contributed by atoms with Gasteiger partial charge in [-0.15, -0.1) is 10.2 Å². The van der Waals surface area contributed by atoms with Gasteiger partial charge in [0.2, 0.25) is 0 Å². The Bertz CT molecular complexity index is 1640. The number of ether oxygens (including phenoxy) is 2. The van der Waals surface area contributed by atoms with Crippen LogP contribution in [-0.4, -0.2) is 67.0 Å². The summed E-state index contributed by atoms with van der Waals surface area (Å²) in [4.78, 5) is 15.7. The number of carbonyl (C=O) groups is 1. The molecule has 0 saturated heterocycles. The van der Waals surface area contributed by atoms with Gasteiger partial charge in [-0.2, -0.15) is 8.42 Å². The molecule has 1 heterocycles. The fourth-order valence-corrected chi connectivity index (χ4v) is 4.69. The Balaban J connectivity index is 0.00000441. The van der Waals surface area contributed by atoms with Gasteiger partial charge in [0.1, 0.15) is 22.6 Å². The van der Waals surface area contributed by atoms with Crippen LogP contribution in [0.5, 0.6) is 11.5 Å². The van der Waals surface area contributed by atoms with Crippen LogP contribution in [0, 0.1) is 0 Å². The van der Waals surface area contributed by atoms with Gasteiger partial charge in [-0.25, -0.2) is 0 Å². The Morgan fingerprint density at radius 2 is 1.77 bits per heavy atom. The number of benzene rings is 3. The van der Waals surface area contributed by atoms with Crippen molar-refractivity contribution in [3.8, 4) is 22.8 Å². The average molecular weight is 573 g/mol. The summed E-state index contributed by atoms with van der Waals surface area (Å²) in [6.45, 7) is 4.79. The number of anilines is 1. The second-order valence-electron chi connectivity index (χ2n) is 8.58. The first kappa shape index (κ1) is 31.2. The summed E-state index contributed by atoms with van der Waals surface area (Å²) in [5.41, 5.74) is 8.44. The van der Waals surface area contributed by atoms with Crippen molar-refractivity contribution in [2.24, 2.45) is 10.2 Å². The molecule has 12 heteroatoms. The average Bonchev–Trinajstić information content (AvgIpc) is 2.93. The van der Waals surface area contributed by atoms with Crippen LogP contribution >= 0.6 is 0 Å². The number of pyridine rings is 1. The van der Waals surface area contributed by atoms with Gasteiger partial charge in [-0.3, -0.25) is 14.3 Å². The predicted octanol–water partition coefficient (Wildman–Crippen LogP) is 5.89. The third-order valence-electron chi connectivity index (χ3n) is 5.86. The van der Waals surface area contributed by atoms with Crippen molar-refractivity contribution in [3.63, 3.8) is 0 Å². The Hall–Kier alpha value is -3.35. The van der Waals surface area contributed by atoms with Crippen molar-refractivity contribution in [2.45, 2.75) is 31.6 Å². The molecule has 0 spiro atoms. The Labute approximate surface area is 254 Å². The van der Waals surface area contributed by atoms with Crippen LogP contribution in [-0.2, 0) is 10.1 Å². The molecule has 10 nitrogen and oxygen atoms in total. The number of unbranched alkanes of at least 4 members (excludes halogenated alkanes) is 1. The van der Waals surface area contributed by atoms with Crippen molar-refractivity contribution in [2.75, 3.05) is 18.9 Å². The molecule has 0 aliphatic carbocycles. The number of azo groups is 1. The number of aldehydes is 1. The van der Waals surface area contributed by atoms with E-state index in [-0.39, 0.29) is 51.2 Å². The number of nitrogens with two attached hydrogens (primary N) is 1. The minimum absolute atomic E-state index is 0. The summed E-state index contributed by atoms with van der Waals surface area (Å²) in [7, 11) is -4.53. The fraction of sp³-hybridized carbons (Fsp3) is 0.214. The summed E-state index contributed by atoms with van der Waals surface area (Å²) in [5, 5.41) is 8.99. The first-order valence-corrected chi connectivity index (χ1v) is 13.8. The molecule has 0 saturated carbocycles. The van der Waals surface area contributed by atoms with E-state index < -0.39 is 10.1 Å². The molecule has 0 atom stereocenters. The van der Waals surface area contributed by atoms with Crippen molar-refractivity contribution in [3.05, 3.63) is 66.4 Å². The first-order valence-electron chi connectivity index (χ1n) is 12.3. The van der Waals surface area contributed by atoms with Gasteiger partial charge in [0.25, 0.3) is 10.1 Å². The molecule has 0 bridgehead atoms. The summed E-state index contributed by atoms with van der Waals surface area (Å²) >= 11 is 0. The molecule has 0 fully saturated rings. The number of hydrogen-bond acceptors (Lipinski definition) is 9. The molecule has 4 rings (SSSR count). The number of hydrogen-bond donors (Lipinski definition) is 2. The Kier molecular flexibility index (Phi) is 10.8. The topological polar surface area (TPSA) is 154 Å². The zero-order chi connectivity index (χ0) is 28.0. The van der Waals surface area contributed by atoms with E-state index in [1.807, 2.05) is 6.92 Å². The standard InChI is InChI=1S/C28H28N4O6S.Na.H/c1-3-5-12-38-28-22(13-18(17-33)14-25(28)37-4-2)23-11-10-19(16-30-23)31-32-24-15-26(39(34,35)36)20-8-6-7-9-21(20)27(24)29;;/h6-11,13-17H,3-5,12,29H2,1-2H3,(H,34,35,36);;/b32-31+;;. The monoisotopic (exact) mass is 572 g/mol. The van der Waals surface area contributed by atoms with Crippen LogP contribution in [0.1, 0.15) is 37.0 Å². The molecule has 3 aromatic carbocycles. The van der Waals surface area contributed by atoms with E-state index in [2.05, 4.69) is 22.1 Å². The molecule has 0 amide bonds. The Morgan fingerprint density at radius 3 is 2.40 bits per heavy atom. The number of aromatic nitrogens is 1. The third-order valence-corrected chi connectivity index (χ3v) is 6.75. The first-order chi connectivity index (χ1) is 18.8. The number of rotatable bonds is 11.